The highest BCUT2D eigenvalue weighted by Crippen LogP contribution is 2.33. The van der Waals surface area contributed by atoms with E-state index in [4.69, 9.17) is 11.6 Å². The lowest BCUT2D eigenvalue weighted by atomic mass is 10.3. The zero-order valence-electron chi connectivity index (χ0n) is 13.1. The largest absolute Gasteiger partial charge is 0.353 e. The fraction of sp³-hybridized carbons (Fsp3) is 0.0625. The van der Waals surface area contributed by atoms with Gasteiger partial charge in [-0.25, -0.2) is 15.0 Å². The van der Waals surface area contributed by atoms with Crippen molar-refractivity contribution in [2.45, 2.75) is 6.92 Å². The summed E-state index contributed by atoms with van der Waals surface area (Å²) in [7, 11) is 0. The molecule has 2 N–H and O–H groups in total. The maximum absolute atomic E-state index is 11.6. The third kappa shape index (κ3) is 3.81. The normalized spacial score (nSPS) is 10.3. The molecule has 2 heterocycles. The number of pyridine rings is 1. The van der Waals surface area contributed by atoms with Crippen LogP contribution in [0.3, 0.4) is 0 Å². The van der Waals surface area contributed by atoms with Crippen LogP contribution in [0.1, 0.15) is 5.56 Å². The van der Waals surface area contributed by atoms with Crippen molar-refractivity contribution >= 4 is 40.4 Å². The first-order chi connectivity index (χ1) is 12.0. The van der Waals surface area contributed by atoms with Crippen LogP contribution in [-0.4, -0.2) is 19.9 Å². The summed E-state index contributed by atoms with van der Waals surface area (Å²) in [6, 6.07) is 10.4. The first-order valence-electron chi connectivity index (χ1n) is 7.25. The number of nitro groups is 1. The van der Waals surface area contributed by atoms with Gasteiger partial charge in [-0.2, -0.15) is 0 Å². The van der Waals surface area contributed by atoms with E-state index < -0.39 is 4.92 Å². The van der Waals surface area contributed by atoms with E-state index >= 15 is 0 Å². The van der Waals surface area contributed by atoms with E-state index in [9.17, 15) is 10.1 Å². The van der Waals surface area contributed by atoms with E-state index in [-0.39, 0.29) is 17.3 Å². The van der Waals surface area contributed by atoms with E-state index in [1.807, 2.05) is 13.0 Å². The molecular weight excluding hydrogens is 344 g/mol. The molecule has 0 aliphatic heterocycles. The Balaban J connectivity index is 2.00. The first kappa shape index (κ1) is 16.6. The van der Waals surface area contributed by atoms with Gasteiger partial charge < -0.3 is 10.6 Å². The van der Waals surface area contributed by atoms with Crippen LogP contribution in [0, 0.1) is 17.0 Å². The lowest BCUT2D eigenvalue weighted by molar-refractivity contribution is -0.383. The monoisotopic (exact) mass is 356 g/mol. The molecule has 0 fully saturated rings. The summed E-state index contributed by atoms with van der Waals surface area (Å²) in [4.78, 5) is 23.2. The molecule has 126 valence electrons. The minimum absolute atomic E-state index is 0.0475. The fourth-order valence-corrected chi connectivity index (χ4v) is 2.36. The highest BCUT2D eigenvalue weighted by atomic mass is 35.5. The molecule has 8 nitrogen and oxygen atoms in total. The summed E-state index contributed by atoms with van der Waals surface area (Å²) in [5, 5.41) is 17.9. The van der Waals surface area contributed by atoms with Crippen molar-refractivity contribution in [3.8, 4) is 0 Å². The minimum atomic E-state index is -0.548. The van der Waals surface area contributed by atoms with Gasteiger partial charge in [-0.15, -0.1) is 0 Å². The Morgan fingerprint density at radius 2 is 1.80 bits per heavy atom. The Hall–Kier alpha value is -3.26. The standard InChI is InChI=1S/C16H13ClN6O2/c1-10-4-3-7-18-14(10)22-16-13(23(24)25)15(19-9-20-16)21-12-6-2-5-11(17)8-12/h2-9H,1H3,(H2,18,19,20,21,22). The van der Waals surface area contributed by atoms with E-state index in [0.29, 0.717) is 16.5 Å². The van der Waals surface area contributed by atoms with Gasteiger partial charge in [-0.1, -0.05) is 23.7 Å². The van der Waals surface area contributed by atoms with Crippen LogP contribution in [-0.2, 0) is 0 Å². The van der Waals surface area contributed by atoms with Gasteiger partial charge in [0.15, 0.2) is 0 Å². The molecule has 3 rings (SSSR count). The van der Waals surface area contributed by atoms with E-state index in [2.05, 4.69) is 25.6 Å². The highest BCUT2D eigenvalue weighted by Gasteiger charge is 2.24. The van der Waals surface area contributed by atoms with Crippen molar-refractivity contribution in [1.29, 1.82) is 0 Å². The lowest BCUT2D eigenvalue weighted by Gasteiger charge is -2.11. The predicted molar refractivity (Wildman–Crippen MR) is 95.7 cm³/mol. The summed E-state index contributed by atoms with van der Waals surface area (Å²) in [5.74, 6) is 0.586. The quantitative estimate of drug-likeness (QED) is 0.520. The zero-order chi connectivity index (χ0) is 17.8. The number of rotatable bonds is 5. The average Bonchev–Trinajstić information content (AvgIpc) is 2.57. The number of aromatic nitrogens is 3. The molecule has 2 aromatic heterocycles. The van der Waals surface area contributed by atoms with Gasteiger partial charge in [-0.05, 0) is 36.8 Å². The first-order valence-corrected chi connectivity index (χ1v) is 7.63. The van der Waals surface area contributed by atoms with Gasteiger partial charge in [0.05, 0.1) is 4.92 Å². The molecule has 0 bridgehead atoms. The van der Waals surface area contributed by atoms with Crippen LogP contribution in [0.5, 0.6) is 0 Å². The van der Waals surface area contributed by atoms with Crippen molar-refractivity contribution in [3.63, 3.8) is 0 Å². The van der Waals surface area contributed by atoms with Crippen LogP contribution in [0.25, 0.3) is 0 Å². The second-order valence-electron chi connectivity index (χ2n) is 5.11. The molecule has 3 aromatic rings. The predicted octanol–water partition coefficient (Wildman–Crippen LogP) is 4.23. The smallest absolute Gasteiger partial charge is 0.334 e. The molecule has 0 saturated heterocycles. The van der Waals surface area contributed by atoms with Gasteiger partial charge in [0.1, 0.15) is 12.1 Å². The summed E-state index contributed by atoms with van der Waals surface area (Å²) < 4.78 is 0. The Morgan fingerprint density at radius 1 is 1.04 bits per heavy atom. The Kier molecular flexibility index (Phi) is 4.71. The molecule has 0 amide bonds. The number of nitrogens with one attached hydrogen (secondary N) is 2. The van der Waals surface area contributed by atoms with Gasteiger partial charge >= 0.3 is 5.69 Å². The third-order valence-electron chi connectivity index (χ3n) is 3.34. The van der Waals surface area contributed by atoms with Crippen LogP contribution in [0.15, 0.2) is 48.9 Å². The maximum atomic E-state index is 11.6. The zero-order valence-corrected chi connectivity index (χ0v) is 13.9. The fourth-order valence-electron chi connectivity index (χ4n) is 2.17. The molecule has 1 aromatic carbocycles. The van der Waals surface area contributed by atoms with E-state index in [1.165, 1.54) is 6.33 Å². The van der Waals surface area contributed by atoms with Crippen LogP contribution in [0.2, 0.25) is 5.02 Å². The van der Waals surface area contributed by atoms with Crippen LogP contribution < -0.4 is 10.6 Å². The van der Waals surface area contributed by atoms with Gasteiger partial charge in [0, 0.05) is 16.9 Å². The minimum Gasteiger partial charge on any atom is -0.334 e. The summed E-state index contributed by atoms with van der Waals surface area (Å²) in [5.41, 5.74) is 1.13. The van der Waals surface area contributed by atoms with E-state index in [0.717, 1.165) is 5.56 Å². The van der Waals surface area contributed by atoms with Crippen molar-refractivity contribution in [2.75, 3.05) is 10.6 Å². The SMILES string of the molecule is Cc1cccnc1Nc1ncnc(Nc2cccc(Cl)c2)c1[N+](=O)[O-]. The number of hydrogen-bond donors (Lipinski definition) is 2. The van der Waals surface area contributed by atoms with Gasteiger partial charge in [0.2, 0.25) is 11.6 Å². The highest BCUT2D eigenvalue weighted by molar-refractivity contribution is 6.30. The van der Waals surface area contributed by atoms with Crippen LogP contribution in [0.4, 0.5) is 28.8 Å². The Morgan fingerprint density at radius 3 is 2.48 bits per heavy atom. The number of aryl methyl sites for hydroxylation is 1. The second kappa shape index (κ2) is 7.10. The van der Waals surface area contributed by atoms with Gasteiger partial charge in [-0.3, -0.25) is 10.1 Å². The number of benzene rings is 1. The van der Waals surface area contributed by atoms with Crippen molar-refractivity contribution < 1.29 is 4.92 Å². The second-order valence-corrected chi connectivity index (χ2v) is 5.54. The van der Waals surface area contributed by atoms with Crippen LogP contribution >= 0.6 is 11.6 Å². The Labute approximate surface area is 148 Å². The molecule has 0 aliphatic carbocycles. The number of nitrogens with zero attached hydrogens (tertiary/aromatic N) is 4. The summed E-state index contributed by atoms with van der Waals surface area (Å²) in [6.45, 7) is 1.84. The molecule has 0 spiro atoms. The molecule has 0 radical (unpaired) electrons. The molecule has 0 unspecified atom stereocenters. The summed E-state index contributed by atoms with van der Waals surface area (Å²) >= 11 is 5.94. The molecule has 9 heteroatoms. The molecule has 0 atom stereocenters. The number of halogens is 1. The number of hydrogen-bond acceptors (Lipinski definition) is 7. The van der Waals surface area contributed by atoms with Gasteiger partial charge in [0.25, 0.3) is 0 Å². The molecule has 25 heavy (non-hydrogen) atoms. The van der Waals surface area contributed by atoms with Crippen molar-refractivity contribution in [2.24, 2.45) is 0 Å². The number of anilines is 4. The summed E-state index contributed by atoms with van der Waals surface area (Å²) in [6.07, 6.45) is 2.83. The topological polar surface area (TPSA) is 106 Å². The van der Waals surface area contributed by atoms with Crippen molar-refractivity contribution in [3.05, 3.63) is 69.6 Å². The maximum Gasteiger partial charge on any atom is 0.353 e. The lowest BCUT2D eigenvalue weighted by Crippen LogP contribution is -2.06. The van der Waals surface area contributed by atoms with Crippen molar-refractivity contribution in [1.82, 2.24) is 15.0 Å². The molecular formula is C16H13ClN6O2. The molecule has 0 aliphatic rings. The average molecular weight is 357 g/mol. The Bertz CT molecular complexity index is 934. The third-order valence-corrected chi connectivity index (χ3v) is 3.57. The van der Waals surface area contributed by atoms with E-state index in [1.54, 1.807) is 36.5 Å². The molecule has 0 saturated carbocycles.